The number of ether oxygens (including phenoxy) is 1. The Morgan fingerprint density at radius 2 is 2.00 bits per heavy atom. The molecule has 3 nitrogen and oxygen atoms in total. The number of para-hydroxylation sites is 1. The van der Waals surface area contributed by atoms with Gasteiger partial charge in [0.25, 0.3) is 0 Å². The molecule has 3 atom stereocenters. The molecular weight excluding hydrogens is 214 g/mol. The molecule has 90 valence electrons. The fraction of sp³-hybridized carbons (Fsp3) is 0.500. The van der Waals surface area contributed by atoms with E-state index in [-0.39, 0.29) is 18.2 Å². The van der Waals surface area contributed by atoms with Crippen LogP contribution in [0.5, 0.6) is 0 Å². The number of rotatable bonds is 1. The molecule has 0 N–H and O–H groups in total. The molecule has 1 aromatic rings. The fourth-order valence-electron chi connectivity index (χ4n) is 3.07. The number of carbonyl (C=O) groups is 1. The van der Waals surface area contributed by atoms with E-state index in [4.69, 9.17) is 4.74 Å². The number of benzene rings is 1. The summed E-state index contributed by atoms with van der Waals surface area (Å²) in [6.07, 6.45) is 3.26. The van der Waals surface area contributed by atoms with E-state index in [9.17, 15) is 4.79 Å². The Morgan fingerprint density at radius 3 is 2.76 bits per heavy atom. The van der Waals surface area contributed by atoms with Gasteiger partial charge in [-0.2, -0.15) is 0 Å². The minimum absolute atomic E-state index is 0.0893. The van der Waals surface area contributed by atoms with E-state index in [1.54, 1.807) is 0 Å². The third-order valence-corrected chi connectivity index (χ3v) is 3.89. The molecule has 1 saturated carbocycles. The van der Waals surface area contributed by atoms with Crippen molar-refractivity contribution >= 4 is 11.8 Å². The maximum atomic E-state index is 12.0. The van der Waals surface area contributed by atoms with Crippen molar-refractivity contribution in [1.29, 1.82) is 0 Å². The van der Waals surface area contributed by atoms with Crippen LogP contribution in [0.25, 0.3) is 0 Å². The predicted molar refractivity (Wildman–Crippen MR) is 66.0 cm³/mol. The zero-order chi connectivity index (χ0) is 11.8. The molecule has 3 rings (SSSR count). The molecule has 1 saturated heterocycles. The third-order valence-electron chi connectivity index (χ3n) is 3.89. The minimum Gasteiger partial charge on any atom is -0.444 e. The normalized spacial score (nSPS) is 32.2. The van der Waals surface area contributed by atoms with E-state index < -0.39 is 0 Å². The molecule has 1 unspecified atom stereocenters. The van der Waals surface area contributed by atoms with Crippen LogP contribution in [-0.2, 0) is 4.74 Å². The van der Waals surface area contributed by atoms with E-state index in [2.05, 4.69) is 6.92 Å². The van der Waals surface area contributed by atoms with Gasteiger partial charge in [-0.05, 0) is 37.3 Å². The summed E-state index contributed by atoms with van der Waals surface area (Å²) < 4.78 is 5.49. The Morgan fingerprint density at radius 1 is 1.24 bits per heavy atom. The molecular formula is C14H17NO2. The molecule has 0 radical (unpaired) electrons. The molecule has 0 bridgehead atoms. The molecule has 1 heterocycles. The van der Waals surface area contributed by atoms with Gasteiger partial charge in [0.1, 0.15) is 6.10 Å². The number of anilines is 1. The zero-order valence-corrected chi connectivity index (χ0v) is 10.0. The first kappa shape index (κ1) is 10.6. The highest BCUT2D eigenvalue weighted by Gasteiger charge is 2.46. The van der Waals surface area contributed by atoms with Gasteiger partial charge in [0, 0.05) is 5.69 Å². The summed E-state index contributed by atoms with van der Waals surface area (Å²) in [5, 5.41) is 0. The third kappa shape index (κ3) is 1.70. The molecule has 2 fully saturated rings. The van der Waals surface area contributed by atoms with Crippen molar-refractivity contribution in [1.82, 2.24) is 0 Å². The highest BCUT2D eigenvalue weighted by atomic mass is 16.6. The van der Waals surface area contributed by atoms with Gasteiger partial charge in [-0.15, -0.1) is 0 Å². The maximum absolute atomic E-state index is 12.0. The summed E-state index contributed by atoms with van der Waals surface area (Å²) in [6.45, 7) is 2.22. The standard InChI is InChI=1S/C14H17NO2/c1-10-6-5-9-12-13(10)15(14(16)17-12)11-7-3-2-4-8-11/h2-4,7-8,10,12-13H,5-6,9H2,1H3/t10?,12-,13+/m1/s1. The molecule has 1 aliphatic carbocycles. The lowest BCUT2D eigenvalue weighted by molar-refractivity contribution is 0.0992. The maximum Gasteiger partial charge on any atom is 0.415 e. The highest BCUT2D eigenvalue weighted by Crippen LogP contribution is 2.38. The highest BCUT2D eigenvalue weighted by molar-refractivity contribution is 5.90. The number of amides is 1. The number of fused-ring (bicyclic) bond motifs is 1. The van der Waals surface area contributed by atoms with Crippen molar-refractivity contribution in [2.45, 2.75) is 38.3 Å². The van der Waals surface area contributed by atoms with Gasteiger partial charge in [-0.3, -0.25) is 4.90 Å². The second-order valence-electron chi connectivity index (χ2n) is 5.03. The van der Waals surface area contributed by atoms with Crippen molar-refractivity contribution in [3.63, 3.8) is 0 Å². The van der Waals surface area contributed by atoms with Gasteiger partial charge in [-0.1, -0.05) is 25.1 Å². The Balaban J connectivity index is 1.95. The van der Waals surface area contributed by atoms with E-state index in [0.29, 0.717) is 5.92 Å². The van der Waals surface area contributed by atoms with Gasteiger partial charge in [0.15, 0.2) is 0 Å². The number of hydrogen-bond acceptors (Lipinski definition) is 2. The van der Waals surface area contributed by atoms with Gasteiger partial charge >= 0.3 is 6.09 Å². The van der Waals surface area contributed by atoms with Crippen LogP contribution < -0.4 is 4.90 Å². The van der Waals surface area contributed by atoms with Crippen LogP contribution in [0.15, 0.2) is 30.3 Å². The minimum atomic E-state index is -0.181. The van der Waals surface area contributed by atoms with Crippen LogP contribution in [-0.4, -0.2) is 18.2 Å². The average molecular weight is 231 g/mol. The quantitative estimate of drug-likeness (QED) is 0.742. The first-order chi connectivity index (χ1) is 8.27. The number of hydrogen-bond donors (Lipinski definition) is 0. The lowest BCUT2D eigenvalue weighted by Crippen LogP contribution is -2.43. The summed E-state index contributed by atoms with van der Waals surface area (Å²) in [5.41, 5.74) is 0.957. The first-order valence-electron chi connectivity index (χ1n) is 6.32. The van der Waals surface area contributed by atoms with Crippen LogP contribution in [0.1, 0.15) is 26.2 Å². The van der Waals surface area contributed by atoms with E-state index in [1.807, 2.05) is 35.2 Å². The second-order valence-corrected chi connectivity index (χ2v) is 5.03. The predicted octanol–water partition coefficient (Wildman–Crippen LogP) is 3.20. The molecule has 1 aliphatic heterocycles. The summed E-state index contributed by atoms with van der Waals surface area (Å²) in [4.78, 5) is 13.8. The average Bonchev–Trinajstić information content (AvgIpc) is 2.68. The molecule has 1 aromatic carbocycles. The summed E-state index contributed by atoms with van der Waals surface area (Å²) >= 11 is 0. The number of carbonyl (C=O) groups excluding carboxylic acids is 1. The topological polar surface area (TPSA) is 29.5 Å². The molecule has 0 aromatic heterocycles. The fourth-order valence-corrected chi connectivity index (χ4v) is 3.07. The molecule has 17 heavy (non-hydrogen) atoms. The van der Waals surface area contributed by atoms with E-state index in [0.717, 1.165) is 18.5 Å². The van der Waals surface area contributed by atoms with Crippen molar-refractivity contribution in [2.24, 2.45) is 5.92 Å². The second kappa shape index (κ2) is 4.06. The van der Waals surface area contributed by atoms with E-state index >= 15 is 0 Å². The first-order valence-corrected chi connectivity index (χ1v) is 6.32. The van der Waals surface area contributed by atoms with Crippen LogP contribution in [0.3, 0.4) is 0 Å². The molecule has 0 spiro atoms. The van der Waals surface area contributed by atoms with E-state index in [1.165, 1.54) is 6.42 Å². The lowest BCUT2D eigenvalue weighted by atomic mass is 9.83. The molecule has 2 aliphatic rings. The smallest absolute Gasteiger partial charge is 0.415 e. The van der Waals surface area contributed by atoms with Gasteiger partial charge in [-0.25, -0.2) is 4.79 Å². The Bertz CT molecular complexity index is 417. The SMILES string of the molecule is CC1CCC[C@H]2OC(=O)N(c3ccccc3)[C@@H]12. The summed E-state index contributed by atoms with van der Waals surface area (Å²) in [7, 11) is 0. The number of nitrogens with zero attached hydrogens (tertiary/aromatic N) is 1. The van der Waals surface area contributed by atoms with Gasteiger partial charge in [0.05, 0.1) is 6.04 Å². The van der Waals surface area contributed by atoms with Crippen molar-refractivity contribution in [3.05, 3.63) is 30.3 Å². The van der Waals surface area contributed by atoms with Crippen LogP contribution in [0.4, 0.5) is 10.5 Å². The lowest BCUT2D eigenvalue weighted by Gasteiger charge is -2.33. The van der Waals surface area contributed by atoms with Crippen molar-refractivity contribution in [2.75, 3.05) is 4.90 Å². The van der Waals surface area contributed by atoms with Crippen LogP contribution in [0, 0.1) is 5.92 Å². The summed E-state index contributed by atoms with van der Waals surface area (Å²) in [5.74, 6) is 0.514. The van der Waals surface area contributed by atoms with Crippen molar-refractivity contribution in [3.8, 4) is 0 Å². The van der Waals surface area contributed by atoms with Crippen LogP contribution in [0.2, 0.25) is 0 Å². The van der Waals surface area contributed by atoms with Crippen molar-refractivity contribution < 1.29 is 9.53 Å². The summed E-state index contributed by atoms with van der Waals surface area (Å²) in [6, 6.07) is 10.1. The molecule has 3 heteroatoms. The Kier molecular flexibility index (Phi) is 2.54. The zero-order valence-electron chi connectivity index (χ0n) is 10.0. The Labute approximate surface area is 101 Å². The Hall–Kier alpha value is -1.51. The molecule has 1 amide bonds. The van der Waals surface area contributed by atoms with Gasteiger partial charge in [0.2, 0.25) is 0 Å². The van der Waals surface area contributed by atoms with Gasteiger partial charge < -0.3 is 4.74 Å². The monoisotopic (exact) mass is 231 g/mol. The van der Waals surface area contributed by atoms with Crippen LogP contribution >= 0.6 is 0 Å². The largest absolute Gasteiger partial charge is 0.444 e.